The number of amides is 1. The molecule has 2 aromatic rings. The molecule has 5 heteroatoms. The van der Waals surface area contributed by atoms with Gasteiger partial charge in [-0.25, -0.2) is 0 Å². The summed E-state index contributed by atoms with van der Waals surface area (Å²) in [4.78, 5) is 14.7. The number of carbonyl (C=O) groups excluding carboxylic acids is 1. The molecule has 0 unspecified atom stereocenters. The zero-order valence-corrected chi connectivity index (χ0v) is 17.7. The molecule has 0 bridgehead atoms. The molecule has 0 saturated heterocycles. The molecule has 1 saturated carbocycles. The van der Waals surface area contributed by atoms with Gasteiger partial charge < -0.3 is 5.32 Å². The highest BCUT2D eigenvalue weighted by molar-refractivity contribution is 5.78. The van der Waals surface area contributed by atoms with Crippen LogP contribution in [0.3, 0.4) is 0 Å². The van der Waals surface area contributed by atoms with Crippen LogP contribution in [0.25, 0.3) is 0 Å². The first kappa shape index (κ1) is 20.6. The van der Waals surface area contributed by atoms with Crippen molar-refractivity contribution < 1.29 is 4.79 Å². The summed E-state index contributed by atoms with van der Waals surface area (Å²) < 4.78 is 2.03. The van der Waals surface area contributed by atoms with E-state index in [4.69, 9.17) is 0 Å². The van der Waals surface area contributed by atoms with Gasteiger partial charge in [0.1, 0.15) is 0 Å². The number of aromatic nitrogens is 2. The van der Waals surface area contributed by atoms with Gasteiger partial charge in [-0.1, -0.05) is 37.3 Å². The standard InChI is InChI=1S/C23H34N4O/c1-17-10-12-21(13-11-17)26(4)16-23(28)24-14-22-18(2)25-27(19(22)3)15-20-8-6-5-7-9-20/h5-9,17,21H,10-16H2,1-4H3,(H,24,28). The molecule has 1 aliphatic carbocycles. The van der Waals surface area contributed by atoms with Gasteiger partial charge in [0.15, 0.2) is 0 Å². The fourth-order valence-corrected chi connectivity index (χ4v) is 4.18. The number of rotatable bonds is 7. The van der Waals surface area contributed by atoms with Crippen LogP contribution in [0.15, 0.2) is 30.3 Å². The SMILES string of the molecule is Cc1nn(Cc2ccccc2)c(C)c1CNC(=O)CN(C)C1CCC(C)CC1. The number of hydrogen-bond donors (Lipinski definition) is 1. The Morgan fingerprint density at radius 3 is 2.54 bits per heavy atom. The van der Waals surface area contributed by atoms with Crippen LogP contribution in [0.4, 0.5) is 0 Å². The number of hydrogen-bond acceptors (Lipinski definition) is 3. The van der Waals surface area contributed by atoms with Crippen molar-refractivity contribution in [2.45, 2.75) is 65.6 Å². The fraction of sp³-hybridized carbons (Fsp3) is 0.565. The van der Waals surface area contributed by atoms with Gasteiger partial charge in [0.2, 0.25) is 5.91 Å². The lowest BCUT2D eigenvalue weighted by Crippen LogP contribution is -2.41. The Hall–Kier alpha value is -2.14. The third-order valence-corrected chi connectivity index (χ3v) is 6.17. The smallest absolute Gasteiger partial charge is 0.234 e. The summed E-state index contributed by atoms with van der Waals surface area (Å²) in [5.41, 5.74) is 4.46. The normalized spacial score (nSPS) is 19.8. The second-order valence-corrected chi connectivity index (χ2v) is 8.40. The van der Waals surface area contributed by atoms with Crippen LogP contribution < -0.4 is 5.32 Å². The average molecular weight is 383 g/mol. The van der Waals surface area contributed by atoms with Gasteiger partial charge in [-0.3, -0.25) is 14.4 Å². The predicted molar refractivity (Wildman–Crippen MR) is 113 cm³/mol. The lowest BCUT2D eigenvalue weighted by atomic mass is 9.87. The summed E-state index contributed by atoms with van der Waals surface area (Å²) in [7, 11) is 2.08. The molecule has 0 aliphatic heterocycles. The molecule has 5 nitrogen and oxygen atoms in total. The van der Waals surface area contributed by atoms with E-state index >= 15 is 0 Å². The van der Waals surface area contributed by atoms with Crippen molar-refractivity contribution in [2.75, 3.05) is 13.6 Å². The molecule has 28 heavy (non-hydrogen) atoms. The second kappa shape index (κ2) is 9.37. The number of benzene rings is 1. The molecule has 1 heterocycles. The first-order valence-corrected chi connectivity index (χ1v) is 10.5. The lowest BCUT2D eigenvalue weighted by Gasteiger charge is -2.33. The molecule has 1 aromatic carbocycles. The van der Waals surface area contributed by atoms with Gasteiger partial charge in [-0.05, 0) is 58.1 Å². The summed E-state index contributed by atoms with van der Waals surface area (Å²) in [5.74, 6) is 0.924. The molecular weight excluding hydrogens is 348 g/mol. The third kappa shape index (κ3) is 5.22. The molecule has 1 amide bonds. The second-order valence-electron chi connectivity index (χ2n) is 8.40. The van der Waals surface area contributed by atoms with E-state index in [0.717, 1.165) is 29.4 Å². The van der Waals surface area contributed by atoms with Crippen LogP contribution in [0.1, 0.15) is 55.1 Å². The van der Waals surface area contributed by atoms with Gasteiger partial charge in [-0.2, -0.15) is 5.10 Å². The van der Waals surface area contributed by atoms with E-state index in [0.29, 0.717) is 19.1 Å². The van der Waals surface area contributed by atoms with E-state index in [-0.39, 0.29) is 5.91 Å². The molecule has 3 rings (SSSR count). The van der Waals surface area contributed by atoms with Crippen LogP contribution in [0.2, 0.25) is 0 Å². The highest BCUT2D eigenvalue weighted by atomic mass is 16.2. The Morgan fingerprint density at radius 2 is 1.86 bits per heavy atom. The summed E-state index contributed by atoms with van der Waals surface area (Å²) in [6.07, 6.45) is 4.95. The summed E-state index contributed by atoms with van der Waals surface area (Å²) in [5, 5.41) is 7.78. The number of nitrogens with zero attached hydrogens (tertiary/aromatic N) is 3. The molecule has 152 valence electrons. The number of likely N-dealkylation sites (N-methyl/N-ethyl adjacent to an activating group) is 1. The van der Waals surface area contributed by atoms with Crippen LogP contribution in [-0.2, 0) is 17.9 Å². The van der Waals surface area contributed by atoms with Gasteiger partial charge in [0, 0.05) is 23.8 Å². The zero-order valence-electron chi connectivity index (χ0n) is 17.7. The largest absolute Gasteiger partial charge is 0.351 e. The first-order valence-electron chi connectivity index (χ1n) is 10.5. The molecular formula is C23H34N4O. The van der Waals surface area contributed by atoms with Crippen molar-refractivity contribution in [3.8, 4) is 0 Å². The summed E-state index contributed by atoms with van der Waals surface area (Å²) in [6.45, 7) is 8.19. The van der Waals surface area contributed by atoms with E-state index in [1.165, 1.54) is 31.2 Å². The minimum atomic E-state index is 0.0933. The predicted octanol–water partition coefficient (Wildman–Crippen LogP) is 3.67. The number of aryl methyl sites for hydroxylation is 1. The molecule has 1 N–H and O–H groups in total. The molecule has 0 radical (unpaired) electrons. The van der Waals surface area contributed by atoms with Crippen molar-refractivity contribution in [1.82, 2.24) is 20.0 Å². The van der Waals surface area contributed by atoms with Crippen molar-refractivity contribution in [2.24, 2.45) is 5.92 Å². The molecule has 1 fully saturated rings. The first-order chi connectivity index (χ1) is 13.4. The van der Waals surface area contributed by atoms with E-state index in [1.54, 1.807) is 0 Å². The Bertz CT molecular complexity index is 775. The quantitative estimate of drug-likeness (QED) is 0.795. The Kier molecular flexibility index (Phi) is 6.89. The lowest BCUT2D eigenvalue weighted by molar-refractivity contribution is -0.122. The Labute approximate surface area is 169 Å². The summed E-state index contributed by atoms with van der Waals surface area (Å²) in [6, 6.07) is 10.9. The minimum Gasteiger partial charge on any atom is -0.351 e. The van der Waals surface area contributed by atoms with Gasteiger partial charge in [0.25, 0.3) is 0 Å². The van der Waals surface area contributed by atoms with E-state index < -0.39 is 0 Å². The van der Waals surface area contributed by atoms with Crippen LogP contribution in [0.5, 0.6) is 0 Å². The van der Waals surface area contributed by atoms with E-state index in [2.05, 4.69) is 48.3 Å². The average Bonchev–Trinajstić information content (AvgIpc) is 2.94. The van der Waals surface area contributed by atoms with Crippen LogP contribution >= 0.6 is 0 Å². The molecule has 1 aromatic heterocycles. The van der Waals surface area contributed by atoms with Crippen molar-refractivity contribution in [3.05, 3.63) is 52.8 Å². The highest BCUT2D eigenvalue weighted by Crippen LogP contribution is 2.26. The van der Waals surface area contributed by atoms with Gasteiger partial charge in [0.05, 0.1) is 18.8 Å². The maximum Gasteiger partial charge on any atom is 0.234 e. The summed E-state index contributed by atoms with van der Waals surface area (Å²) >= 11 is 0. The number of nitrogens with one attached hydrogen (secondary N) is 1. The maximum absolute atomic E-state index is 12.5. The van der Waals surface area contributed by atoms with Crippen LogP contribution in [-0.4, -0.2) is 40.2 Å². The maximum atomic E-state index is 12.5. The monoisotopic (exact) mass is 382 g/mol. The molecule has 0 spiro atoms. The van der Waals surface area contributed by atoms with E-state index in [9.17, 15) is 4.79 Å². The third-order valence-electron chi connectivity index (χ3n) is 6.17. The zero-order chi connectivity index (χ0) is 20.1. The topological polar surface area (TPSA) is 50.2 Å². The number of carbonyl (C=O) groups is 1. The van der Waals surface area contributed by atoms with Gasteiger partial charge >= 0.3 is 0 Å². The van der Waals surface area contributed by atoms with Crippen molar-refractivity contribution in [1.29, 1.82) is 0 Å². The Balaban J connectivity index is 1.53. The van der Waals surface area contributed by atoms with Crippen molar-refractivity contribution in [3.63, 3.8) is 0 Å². The van der Waals surface area contributed by atoms with Gasteiger partial charge in [-0.15, -0.1) is 0 Å². The highest BCUT2D eigenvalue weighted by Gasteiger charge is 2.23. The van der Waals surface area contributed by atoms with Crippen molar-refractivity contribution >= 4 is 5.91 Å². The molecule has 0 atom stereocenters. The Morgan fingerprint density at radius 1 is 1.18 bits per heavy atom. The van der Waals surface area contributed by atoms with Crippen LogP contribution in [0, 0.1) is 19.8 Å². The molecule has 1 aliphatic rings. The van der Waals surface area contributed by atoms with E-state index in [1.807, 2.05) is 29.8 Å². The fourth-order valence-electron chi connectivity index (χ4n) is 4.18. The minimum absolute atomic E-state index is 0.0933.